The fourth-order valence-corrected chi connectivity index (χ4v) is 1.30. The lowest BCUT2D eigenvalue weighted by molar-refractivity contribution is -0.385. The van der Waals surface area contributed by atoms with E-state index in [0.717, 1.165) is 0 Å². The van der Waals surface area contributed by atoms with Gasteiger partial charge in [0.1, 0.15) is 5.69 Å². The Labute approximate surface area is 81.8 Å². The van der Waals surface area contributed by atoms with Gasteiger partial charge in [-0.1, -0.05) is 27.5 Å². The van der Waals surface area contributed by atoms with Crippen LogP contribution in [0, 0.1) is 10.1 Å². The van der Waals surface area contributed by atoms with E-state index in [1.807, 2.05) is 0 Å². The highest BCUT2D eigenvalue weighted by Gasteiger charge is 2.13. The van der Waals surface area contributed by atoms with E-state index in [0.29, 0.717) is 11.0 Å². The second-order valence-electron chi connectivity index (χ2n) is 2.01. The molecule has 0 fully saturated rings. The third-order valence-electron chi connectivity index (χ3n) is 1.24. The Hall–Kier alpha value is -0.680. The molecule has 0 N–H and O–H groups in total. The zero-order valence-corrected chi connectivity index (χ0v) is 8.17. The van der Waals surface area contributed by atoms with Crippen LogP contribution in [0.15, 0.2) is 12.3 Å². The highest BCUT2D eigenvalue weighted by atomic mass is 79.9. The number of hydrogen-bond acceptors (Lipinski definition) is 3. The average molecular weight is 251 g/mol. The molecule has 0 unspecified atom stereocenters. The van der Waals surface area contributed by atoms with Crippen LogP contribution in [0.25, 0.3) is 0 Å². The number of alkyl halides is 1. The van der Waals surface area contributed by atoms with Crippen LogP contribution in [0.2, 0.25) is 5.02 Å². The third kappa shape index (κ3) is 1.92. The minimum atomic E-state index is -0.504. The molecule has 0 aromatic carbocycles. The molecule has 0 saturated heterocycles. The lowest BCUT2D eigenvalue weighted by Gasteiger charge is -1.97. The summed E-state index contributed by atoms with van der Waals surface area (Å²) in [5.41, 5.74) is 0.323. The summed E-state index contributed by atoms with van der Waals surface area (Å²) in [6.07, 6.45) is 1.38. The van der Waals surface area contributed by atoms with Crippen LogP contribution >= 0.6 is 27.5 Å². The number of pyridine rings is 1. The second kappa shape index (κ2) is 3.82. The van der Waals surface area contributed by atoms with E-state index in [9.17, 15) is 10.1 Å². The van der Waals surface area contributed by atoms with Gasteiger partial charge in [0.25, 0.3) is 5.69 Å². The van der Waals surface area contributed by atoms with Gasteiger partial charge in [-0.2, -0.15) is 0 Å². The van der Waals surface area contributed by atoms with Crippen molar-refractivity contribution in [2.45, 2.75) is 5.33 Å². The molecule has 4 nitrogen and oxygen atoms in total. The maximum Gasteiger partial charge on any atom is 0.293 e. The lowest BCUT2D eigenvalue weighted by atomic mass is 10.3. The highest BCUT2D eigenvalue weighted by Crippen LogP contribution is 2.22. The second-order valence-corrected chi connectivity index (χ2v) is 3.01. The van der Waals surface area contributed by atoms with Crippen molar-refractivity contribution >= 4 is 33.2 Å². The van der Waals surface area contributed by atoms with Crippen LogP contribution in [-0.2, 0) is 5.33 Å². The van der Waals surface area contributed by atoms with E-state index >= 15 is 0 Å². The molecule has 1 rings (SSSR count). The Morgan fingerprint density at radius 1 is 1.75 bits per heavy atom. The molecular formula is C6H4BrClN2O2. The average Bonchev–Trinajstić information content (AvgIpc) is 2.04. The van der Waals surface area contributed by atoms with E-state index in [4.69, 9.17) is 11.6 Å². The summed E-state index contributed by atoms with van der Waals surface area (Å²) in [5.74, 6) is 0. The summed E-state index contributed by atoms with van der Waals surface area (Å²) < 4.78 is 0. The van der Waals surface area contributed by atoms with Crippen LogP contribution in [0.1, 0.15) is 5.69 Å². The maximum absolute atomic E-state index is 10.4. The van der Waals surface area contributed by atoms with E-state index in [1.165, 1.54) is 12.3 Å². The summed E-state index contributed by atoms with van der Waals surface area (Å²) in [5, 5.41) is 11.0. The maximum atomic E-state index is 10.4. The van der Waals surface area contributed by atoms with E-state index < -0.39 is 4.92 Å². The molecule has 1 heterocycles. The number of nitro groups is 1. The molecule has 64 valence electrons. The normalized spacial score (nSPS) is 9.83. The van der Waals surface area contributed by atoms with Gasteiger partial charge < -0.3 is 0 Å². The Bertz CT molecular complexity index is 318. The molecule has 0 aliphatic rings. The summed E-state index contributed by atoms with van der Waals surface area (Å²) in [6.45, 7) is 0. The van der Waals surface area contributed by atoms with E-state index in [-0.39, 0.29) is 10.7 Å². The van der Waals surface area contributed by atoms with Crippen LogP contribution in [-0.4, -0.2) is 9.91 Å². The standard InChI is InChI=1S/C6H4BrClN2O2/c7-2-5-6(10(11)12)1-4(8)3-9-5/h1,3H,2H2. The monoisotopic (exact) mass is 250 g/mol. The number of aromatic nitrogens is 1. The first-order valence-corrected chi connectivity index (χ1v) is 4.50. The van der Waals surface area contributed by atoms with Crippen LogP contribution < -0.4 is 0 Å². The van der Waals surface area contributed by atoms with Gasteiger partial charge in [-0.25, -0.2) is 0 Å². The molecule has 0 atom stereocenters. The number of nitrogens with zero attached hydrogens (tertiary/aromatic N) is 2. The van der Waals surface area contributed by atoms with Crippen molar-refractivity contribution in [2.24, 2.45) is 0 Å². The van der Waals surface area contributed by atoms with Gasteiger partial charge >= 0.3 is 0 Å². The summed E-state index contributed by atoms with van der Waals surface area (Å²) in [7, 11) is 0. The van der Waals surface area contributed by atoms with Gasteiger partial charge in [-0.05, 0) is 0 Å². The predicted molar refractivity (Wildman–Crippen MR) is 48.5 cm³/mol. The Morgan fingerprint density at radius 3 is 2.92 bits per heavy atom. The van der Waals surface area contributed by atoms with Crippen LogP contribution in [0.3, 0.4) is 0 Å². The minimum Gasteiger partial charge on any atom is -0.258 e. The molecular weight excluding hydrogens is 247 g/mol. The first-order chi connectivity index (χ1) is 5.65. The summed E-state index contributed by atoms with van der Waals surface area (Å²) >= 11 is 8.63. The molecule has 0 aliphatic heterocycles. The van der Waals surface area contributed by atoms with E-state index in [1.54, 1.807) is 0 Å². The van der Waals surface area contributed by atoms with Crippen molar-refractivity contribution in [1.29, 1.82) is 0 Å². The molecule has 0 aliphatic carbocycles. The molecule has 1 aromatic rings. The SMILES string of the molecule is O=[N+]([O-])c1cc(Cl)cnc1CBr. The smallest absolute Gasteiger partial charge is 0.258 e. The largest absolute Gasteiger partial charge is 0.293 e. The highest BCUT2D eigenvalue weighted by molar-refractivity contribution is 9.08. The Balaban J connectivity index is 3.21. The van der Waals surface area contributed by atoms with Crippen molar-refractivity contribution in [3.8, 4) is 0 Å². The summed E-state index contributed by atoms with van der Waals surface area (Å²) in [4.78, 5) is 13.7. The van der Waals surface area contributed by atoms with Gasteiger partial charge in [-0.3, -0.25) is 15.1 Å². The van der Waals surface area contributed by atoms with Crippen molar-refractivity contribution < 1.29 is 4.92 Å². The Kier molecular flexibility index (Phi) is 2.99. The third-order valence-corrected chi connectivity index (χ3v) is 1.98. The molecule has 0 amide bonds. The fraction of sp³-hybridized carbons (Fsp3) is 0.167. The van der Waals surface area contributed by atoms with Gasteiger partial charge in [0, 0.05) is 12.3 Å². The van der Waals surface area contributed by atoms with Crippen molar-refractivity contribution in [3.63, 3.8) is 0 Å². The topological polar surface area (TPSA) is 56.0 Å². The Morgan fingerprint density at radius 2 is 2.42 bits per heavy atom. The quantitative estimate of drug-likeness (QED) is 0.461. The van der Waals surface area contributed by atoms with Crippen molar-refractivity contribution in [3.05, 3.63) is 33.1 Å². The number of halogens is 2. The molecule has 12 heavy (non-hydrogen) atoms. The number of rotatable bonds is 2. The molecule has 0 radical (unpaired) electrons. The first-order valence-electron chi connectivity index (χ1n) is 3.00. The van der Waals surface area contributed by atoms with E-state index in [2.05, 4.69) is 20.9 Å². The molecule has 0 bridgehead atoms. The predicted octanol–water partition coefficient (Wildman–Crippen LogP) is 2.54. The minimum absolute atomic E-state index is 0.0561. The van der Waals surface area contributed by atoms with Gasteiger partial charge in [0.2, 0.25) is 0 Å². The zero-order chi connectivity index (χ0) is 9.14. The lowest BCUT2D eigenvalue weighted by Crippen LogP contribution is -1.95. The van der Waals surface area contributed by atoms with Gasteiger partial charge in [-0.15, -0.1) is 0 Å². The molecule has 6 heteroatoms. The summed E-state index contributed by atoms with van der Waals surface area (Å²) in [6, 6.07) is 1.28. The fourth-order valence-electron chi connectivity index (χ4n) is 0.718. The van der Waals surface area contributed by atoms with Crippen molar-refractivity contribution in [2.75, 3.05) is 0 Å². The van der Waals surface area contributed by atoms with Gasteiger partial charge in [0.05, 0.1) is 15.3 Å². The molecule has 0 spiro atoms. The van der Waals surface area contributed by atoms with Crippen LogP contribution in [0.5, 0.6) is 0 Å². The zero-order valence-electron chi connectivity index (χ0n) is 5.83. The van der Waals surface area contributed by atoms with Gasteiger partial charge in [0.15, 0.2) is 0 Å². The molecule has 1 aromatic heterocycles. The molecule has 0 saturated carbocycles. The van der Waals surface area contributed by atoms with Crippen LogP contribution in [0.4, 0.5) is 5.69 Å². The van der Waals surface area contributed by atoms with Crippen molar-refractivity contribution in [1.82, 2.24) is 4.98 Å². The number of hydrogen-bond donors (Lipinski definition) is 0. The first kappa shape index (κ1) is 9.41.